The van der Waals surface area contributed by atoms with Gasteiger partial charge >= 0.3 is 0 Å². The number of carbonyl (C=O) groups excluding carboxylic acids is 1. The molecule has 3 rings (SSSR count). The SMILES string of the molecule is CC1(C)CCCNC1C(=O)N1CCN(c2ccccc2F)CC1. The molecule has 2 heterocycles. The molecule has 0 saturated carbocycles. The molecule has 2 fully saturated rings. The van der Waals surface area contributed by atoms with E-state index >= 15 is 0 Å². The van der Waals surface area contributed by atoms with E-state index in [9.17, 15) is 9.18 Å². The highest BCUT2D eigenvalue weighted by molar-refractivity contribution is 5.83. The van der Waals surface area contributed by atoms with E-state index in [1.807, 2.05) is 15.9 Å². The Kier molecular flexibility index (Phi) is 4.57. The molecule has 1 aromatic carbocycles. The lowest BCUT2D eigenvalue weighted by atomic mass is 9.77. The van der Waals surface area contributed by atoms with Crippen LogP contribution in [0, 0.1) is 11.2 Å². The van der Waals surface area contributed by atoms with Crippen LogP contribution in [-0.4, -0.2) is 49.6 Å². The first-order valence-corrected chi connectivity index (χ1v) is 8.51. The van der Waals surface area contributed by atoms with Gasteiger partial charge in [0, 0.05) is 26.2 Å². The molecule has 2 aliphatic heterocycles. The number of amides is 1. The highest BCUT2D eigenvalue weighted by atomic mass is 19.1. The molecule has 5 heteroatoms. The molecule has 4 nitrogen and oxygen atoms in total. The van der Waals surface area contributed by atoms with Crippen LogP contribution in [0.25, 0.3) is 0 Å². The lowest BCUT2D eigenvalue weighted by molar-refractivity contribution is -0.137. The van der Waals surface area contributed by atoms with E-state index in [0.717, 1.165) is 19.4 Å². The Morgan fingerprint density at radius 3 is 2.57 bits per heavy atom. The average molecular weight is 319 g/mol. The standard InChI is InChI=1S/C18H26FN3O/c1-18(2)8-5-9-20-16(18)17(23)22-12-10-21(11-13-22)15-7-4-3-6-14(15)19/h3-4,6-7,16,20H,5,8-13H2,1-2H3. The highest BCUT2D eigenvalue weighted by Gasteiger charge is 2.39. The second-order valence-corrected chi connectivity index (χ2v) is 7.24. The summed E-state index contributed by atoms with van der Waals surface area (Å²) < 4.78 is 13.9. The number of anilines is 1. The van der Waals surface area contributed by atoms with Gasteiger partial charge in [0.25, 0.3) is 0 Å². The third-order valence-electron chi connectivity index (χ3n) is 5.16. The van der Waals surface area contributed by atoms with Gasteiger partial charge in [-0.05, 0) is 36.9 Å². The summed E-state index contributed by atoms with van der Waals surface area (Å²) in [6.07, 6.45) is 2.20. The van der Waals surface area contributed by atoms with E-state index in [0.29, 0.717) is 31.9 Å². The Bertz CT molecular complexity index is 567. The number of piperazine rings is 1. The zero-order valence-corrected chi connectivity index (χ0v) is 14.0. The third-order valence-corrected chi connectivity index (χ3v) is 5.16. The Morgan fingerprint density at radius 2 is 1.91 bits per heavy atom. The van der Waals surface area contributed by atoms with Gasteiger partial charge in [-0.2, -0.15) is 0 Å². The fraction of sp³-hybridized carbons (Fsp3) is 0.611. The molecule has 1 atom stereocenters. The van der Waals surface area contributed by atoms with Crippen molar-refractivity contribution in [2.24, 2.45) is 5.41 Å². The van der Waals surface area contributed by atoms with E-state index in [1.165, 1.54) is 6.07 Å². The third kappa shape index (κ3) is 3.34. The van der Waals surface area contributed by atoms with Crippen molar-refractivity contribution in [1.82, 2.24) is 10.2 Å². The van der Waals surface area contributed by atoms with Gasteiger partial charge in [-0.3, -0.25) is 4.79 Å². The number of halogens is 1. The van der Waals surface area contributed by atoms with Gasteiger partial charge in [0.15, 0.2) is 0 Å². The molecule has 1 N–H and O–H groups in total. The van der Waals surface area contributed by atoms with Crippen LogP contribution in [0.4, 0.5) is 10.1 Å². The van der Waals surface area contributed by atoms with E-state index in [-0.39, 0.29) is 23.2 Å². The summed E-state index contributed by atoms with van der Waals surface area (Å²) in [5, 5.41) is 3.39. The minimum absolute atomic E-state index is 0.00198. The summed E-state index contributed by atoms with van der Waals surface area (Å²) in [6, 6.07) is 6.75. The van der Waals surface area contributed by atoms with Crippen LogP contribution >= 0.6 is 0 Å². The smallest absolute Gasteiger partial charge is 0.240 e. The number of hydrogen-bond acceptors (Lipinski definition) is 3. The molecule has 0 aliphatic carbocycles. The van der Waals surface area contributed by atoms with E-state index in [4.69, 9.17) is 0 Å². The molecule has 0 spiro atoms. The zero-order chi connectivity index (χ0) is 16.4. The van der Waals surface area contributed by atoms with Gasteiger partial charge in [0.1, 0.15) is 5.82 Å². The van der Waals surface area contributed by atoms with Gasteiger partial charge in [-0.15, -0.1) is 0 Å². The van der Waals surface area contributed by atoms with Crippen LogP contribution in [0.3, 0.4) is 0 Å². The first kappa shape index (κ1) is 16.2. The molecule has 2 saturated heterocycles. The maximum Gasteiger partial charge on any atom is 0.240 e. The number of para-hydroxylation sites is 1. The normalized spacial score (nSPS) is 24.6. The van der Waals surface area contributed by atoms with Gasteiger partial charge in [-0.1, -0.05) is 26.0 Å². The summed E-state index contributed by atoms with van der Waals surface area (Å²) >= 11 is 0. The fourth-order valence-electron chi connectivity index (χ4n) is 3.69. The van der Waals surface area contributed by atoms with Crippen LogP contribution in [0.5, 0.6) is 0 Å². The Balaban J connectivity index is 1.62. The van der Waals surface area contributed by atoms with Gasteiger partial charge in [0.05, 0.1) is 11.7 Å². The fourth-order valence-corrected chi connectivity index (χ4v) is 3.69. The summed E-state index contributed by atoms with van der Waals surface area (Å²) in [7, 11) is 0. The largest absolute Gasteiger partial charge is 0.366 e. The minimum Gasteiger partial charge on any atom is -0.366 e. The van der Waals surface area contributed by atoms with Gasteiger partial charge in [-0.25, -0.2) is 4.39 Å². The van der Waals surface area contributed by atoms with Crippen LogP contribution in [-0.2, 0) is 4.79 Å². The van der Waals surface area contributed by atoms with Crippen LogP contribution in [0.2, 0.25) is 0 Å². The number of hydrogen-bond donors (Lipinski definition) is 1. The molecular formula is C18H26FN3O. The summed E-state index contributed by atoms with van der Waals surface area (Å²) in [5.74, 6) is 0.00485. The first-order valence-electron chi connectivity index (χ1n) is 8.51. The maximum absolute atomic E-state index is 13.9. The Hall–Kier alpha value is -1.62. The van der Waals surface area contributed by atoms with E-state index in [1.54, 1.807) is 12.1 Å². The van der Waals surface area contributed by atoms with Crippen LogP contribution in [0.1, 0.15) is 26.7 Å². The van der Waals surface area contributed by atoms with Crippen molar-refractivity contribution in [1.29, 1.82) is 0 Å². The molecule has 0 bridgehead atoms. The predicted octanol–water partition coefficient (Wildman–Crippen LogP) is 2.25. The molecule has 1 amide bonds. The van der Waals surface area contributed by atoms with Crippen LogP contribution < -0.4 is 10.2 Å². The van der Waals surface area contributed by atoms with E-state index in [2.05, 4.69) is 19.2 Å². The number of nitrogens with zero attached hydrogens (tertiary/aromatic N) is 2. The second-order valence-electron chi connectivity index (χ2n) is 7.24. The number of benzene rings is 1. The predicted molar refractivity (Wildman–Crippen MR) is 90.0 cm³/mol. The van der Waals surface area contributed by atoms with Crippen molar-refractivity contribution in [3.05, 3.63) is 30.1 Å². The van der Waals surface area contributed by atoms with Crippen molar-refractivity contribution in [3.8, 4) is 0 Å². The average Bonchev–Trinajstić information content (AvgIpc) is 2.54. The summed E-state index contributed by atoms with van der Waals surface area (Å²) in [6.45, 7) is 7.91. The molecule has 0 radical (unpaired) electrons. The van der Waals surface area contributed by atoms with Crippen molar-refractivity contribution >= 4 is 11.6 Å². The van der Waals surface area contributed by atoms with Crippen molar-refractivity contribution in [2.75, 3.05) is 37.6 Å². The molecular weight excluding hydrogens is 293 g/mol. The second kappa shape index (κ2) is 6.48. The van der Waals surface area contributed by atoms with E-state index < -0.39 is 0 Å². The molecule has 0 aromatic heterocycles. The topological polar surface area (TPSA) is 35.6 Å². The molecule has 2 aliphatic rings. The van der Waals surface area contributed by atoms with Gasteiger partial charge < -0.3 is 15.1 Å². The lowest BCUT2D eigenvalue weighted by Gasteiger charge is -2.43. The summed E-state index contributed by atoms with van der Waals surface area (Å²) in [4.78, 5) is 16.8. The number of piperidine rings is 1. The molecule has 1 unspecified atom stereocenters. The Morgan fingerprint density at radius 1 is 1.22 bits per heavy atom. The first-order chi connectivity index (χ1) is 11.0. The van der Waals surface area contributed by atoms with Crippen LogP contribution in [0.15, 0.2) is 24.3 Å². The zero-order valence-electron chi connectivity index (χ0n) is 14.0. The lowest BCUT2D eigenvalue weighted by Crippen LogP contribution is -2.59. The number of carbonyl (C=O) groups is 1. The minimum atomic E-state index is -0.192. The molecule has 23 heavy (non-hydrogen) atoms. The Labute approximate surface area is 137 Å². The monoisotopic (exact) mass is 319 g/mol. The maximum atomic E-state index is 13.9. The van der Waals surface area contributed by atoms with Crippen molar-refractivity contribution in [2.45, 2.75) is 32.7 Å². The highest BCUT2D eigenvalue weighted by Crippen LogP contribution is 2.31. The van der Waals surface area contributed by atoms with Crippen molar-refractivity contribution in [3.63, 3.8) is 0 Å². The summed E-state index contributed by atoms with van der Waals surface area (Å²) in [5.41, 5.74) is 0.633. The number of nitrogens with one attached hydrogen (secondary N) is 1. The molecule has 126 valence electrons. The van der Waals surface area contributed by atoms with Gasteiger partial charge in [0.2, 0.25) is 5.91 Å². The van der Waals surface area contributed by atoms with Crippen molar-refractivity contribution < 1.29 is 9.18 Å². The number of rotatable bonds is 2. The quantitative estimate of drug-likeness (QED) is 0.908. The molecule has 1 aromatic rings.